The zero-order valence-electron chi connectivity index (χ0n) is 2.81. The first kappa shape index (κ1) is 15.7. The van der Waals surface area contributed by atoms with Crippen LogP contribution < -0.4 is 0 Å². The third-order valence-corrected chi connectivity index (χ3v) is 0. The Bertz CT molecular complexity index is 36.5. The molecule has 0 bridgehead atoms. The van der Waals surface area contributed by atoms with Crippen molar-refractivity contribution in [3.63, 3.8) is 0 Å². The molecule has 0 saturated carbocycles. The van der Waals surface area contributed by atoms with Crippen molar-refractivity contribution in [1.29, 1.82) is 0 Å². The summed E-state index contributed by atoms with van der Waals surface area (Å²) in [4.78, 5) is 8.33. The second-order valence-corrected chi connectivity index (χ2v) is 0.253. The normalized spacial score (nSPS) is 4.17. The van der Waals surface area contributed by atoms with Gasteiger partial charge in [-0.3, -0.25) is 0 Å². The maximum Gasteiger partial charge on any atom is 0.492 e. The van der Waals surface area contributed by atoms with Gasteiger partial charge in [0.15, 0.2) is 0 Å². The van der Waals surface area contributed by atoms with E-state index >= 15 is 0 Å². The third kappa shape index (κ3) is 38.0. The summed E-state index contributed by atoms with van der Waals surface area (Å²) in [6, 6.07) is 0. The Morgan fingerprint density at radius 2 is 1.67 bits per heavy atom. The van der Waals surface area contributed by atoms with Crippen molar-refractivity contribution in [2.24, 2.45) is 0 Å². The summed E-state index contributed by atoms with van der Waals surface area (Å²) in [6.07, 6.45) is -2.33. The molecule has 5 heteroatoms. The molecule has 2 nitrogen and oxygen atoms in total. The molecule has 1 N–H and O–H groups in total. The molecule has 0 aliphatic rings. The largest absolute Gasteiger partial charge is 0.492 e. The molecule has 0 atom stereocenters. The van der Waals surface area contributed by atoms with Crippen molar-refractivity contribution in [2.45, 2.75) is 0 Å². The van der Waals surface area contributed by atoms with Gasteiger partial charge in [-0.2, -0.15) is 0 Å². The minimum absolute atomic E-state index is 0. The predicted molar refractivity (Wildman–Crippen MR) is 9.13 cm³/mol. The summed E-state index contributed by atoms with van der Waals surface area (Å²) in [5.74, 6) is 0. The van der Waals surface area contributed by atoms with Crippen LogP contribution in [-0.2, 0) is 0 Å². The molecule has 0 aliphatic heterocycles. The topological polar surface area (TPSA) is 37.3 Å². The Hall–Kier alpha value is 1.97. The molecule has 0 heterocycles. The number of hydrogen-bond acceptors (Lipinski definition) is 1. The van der Waals surface area contributed by atoms with Crippen molar-refractivity contribution >= 4 is 6.22 Å². The molecule has 0 rings (SSSR count). The van der Waals surface area contributed by atoms with Gasteiger partial charge in [0.1, 0.15) is 0 Å². The van der Waals surface area contributed by atoms with E-state index in [4.69, 9.17) is 9.90 Å². The van der Waals surface area contributed by atoms with Crippen LogP contribution in [0, 0.1) is 77.3 Å². The van der Waals surface area contributed by atoms with Crippen molar-refractivity contribution in [3.8, 4) is 0 Å². The molecule has 0 aliphatic carbocycles. The van der Waals surface area contributed by atoms with Crippen LogP contribution in [0.1, 0.15) is 0 Å². The standard InChI is InChI=1S/CHFO2.Ce.La/c2-1(3)4;;/h(H,3,4);;. The summed E-state index contributed by atoms with van der Waals surface area (Å²) in [5.41, 5.74) is 0. The van der Waals surface area contributed by atoms with Gasteiger partial charge in [0.05, 0.1) is 0 Å². The van der Waals surface area contributed by atoms with Crippen LogP contribution >= 0.6 is 0 Å². The van der Waals surface area contributed by atoms with Crippen molar-refractivity contribution in [2.75, 3.05) is 0 Å². The second-order valence-electron chi connectivity index (χ2n) is 0.253. The smallest absolute Gasteiger partial charge is 0.456 e. The van der Waals surface area contributed by atoms with Crippen LogP contribution in [0.2, 0.25) is 0 Å². The van der Waals surface area contributed by atoms with Crippen LogP contribution in [0.5, 0.6) is 0 Å². The Morgan fingerprint density at radius 1 is 1.67 bits per heavy atom. The van der Waals surface area contributed by atoms with E-state index in [1.165, 1.54) is 0 Å². The van der Waals surface area contributed by atoms with Gasteiger partial charge in [-0.15, -0.1) is 4.39 Å². The van der Waals surface area contributed by atoms with Crippen molar-refractivity contribution in [1.82, 2.24) is 0 Å². The van der Waals surface area contributed by atoms with E-state index < -0.39 is 6.22 Å². The summed E-state index contributed by atoms with van der Waals surface area (Å²) in [6.45, 7) is 0. The van der Waals surface area contributed by atoms with Gasteiger partial charge in [-0.25, -0.2) is 4.79 Å². The van der Waals surface area contributed by atoms with Crippen LogP contribution in [0.3, 0.4) is 0 Å². The fourth-order valence-electron chi connectivity index (χ4n) is 0. The molecule has 0 saturated heterocycles. The molecule has 0 unspecified atom stereocenters. The number of carboxylic acid groups (broad SMARTS) is 1. The number of halogens is 1. The van der Waals surface area contributed by atoms with E-state index in [1.807, 2.05) is 0 Å². The number of carbonyl (C=O) groups is 1. The maximum atomic E-state index is 9.92. The Kier molecular flexibility index (Phi) is 26.3. The van der Waals surface area contributed by atoms with E-state index in [0.717, 1.165) is 0 Å². The quantitative estimate of drug-likeness (QED) is 0.656. The zero-order valence-corrected chi connectivity index (χ0v) is 9.58. The van der Waals surface area contributed by atoms with Crippen LogP contribution in [0.4, 0.5) is 9.18 Å². The van der Waals surface area contributed by atoms with Crippen LogP contribution in [-0.4, -0.2) is 11.3 Å². The molecule has 31 valence electrons. The molecule has 0 aromatic rings. The minimum Gasteiger partial charge on any atom is -0.456 e. The molecular weight excluding hydrogens is 342 g/mol. The number of hydrogen-bond donors (Lipinski definition) is 1. The summed E-state index contributed by atoms with van der Waals surface area (Å²) >= 11 is 0. The van der Waals surface area contributed by atoms with E-state index in [1.54, 1.807) is 0 Å². The average Bonchev–Trinajstić information content (AvgIpc) is 0.811. The van der Waals surface area contributed by atoms with Crippen molar-refractivity contribution in [3.05, 3.63) is 0 Å². The number of rotatable bonds is 0. The van der Waals surface area contributed by atoms with Crippen molar-refractivity contribution < 1.29 is 91.6 Å². The van der Waals surface area contributed by atoms with Crippen LogP contribution in [0.15, 0.2) is 0 Å². The van der Waals surface area contributed by atoms with E-state index in [0.29, 0.717) is 0 Å². The monoisotopic (exact) mass is 343 g/mol. The van der Waals surface area contributed by atoms with Gasteiger partial charge in [0.2, 0.25) is 0 Å². The minimum atomic E-state index is -2.33. The van der Waals surface area contributed by atoms with E-state index in [-0.39, 0.29) is 77.3 Å². The molecule has 0 aromatic heterocycles. The Balaban J connectivity index is -0.0000000450. The molecule has 6 heavy (non-hydrogen) atoms. The van der Waals surface area contributed by atoms with Gasteiger partial charge in [0, 0.05) is 77.3 Å². The molecule has 0 aromatic carbocycles. The molecular formula is CHCeFLaO2. The fraction of sp³-hybridized carbons (Fsp3) is 0. The predicted octanol–water partition coefficient (Wildman–Crippen LogP) is 0.634. The van der Waals surface area contributed by atoms with Crippen LogP contribution in [0.25, 0.3) is 0 Å². The summed E-state index contributed by atoms with van der Waals surface area (Å²) in [7, 11) is 0. The van der Waals surface area contributed by atoms with Gasteiger partial charge in [-0.1, -0.05) is 0 Å². The molecule has 0 fully saturated rings. The Morgan fingerprint density at radius 3 is 1.67 bits per heavy atom. The van der Waals surface area contributed by atoms with Gasteiger partial charge < -0.3 is 5.11 Å². The second kappa shape index (κ2) is 10.1. The fourth-order valence-corrected chi connectivity index (χ4v) is 0. The van der Waals surface area contributed by atoms with Gasteiger partial charge in [-0.05, 0) is 0 Å². The molecule has 0 spiro atoms. The average molecular weight is 343 g/mol. The third-order valence-electron chi connectivity index (χ3n) is 0. The van der Waals surface area contributed by atoms with Gasteiger partial charge in [0.25, 0.3) is 0 Å². The molecule has 1 radical (unpaired) electrons. The Labute approximate surface area is 95.8 Å². The first-order valence-corrected chi connectivity index (χ1v) is 0.617. The summed E-state index contributed by atoms with van der Waals surface area (Å²) < 4.78 is 9.92. The van der Waals surface area contributed by atoms with E-state index in [9.17, 15) is 4.39 Å². The van der Waals surface area contributed by atoms with Gasteiger partial charge >= 0.3 is 6.22 Å². The maximum absolute atomic E-state index is 9.92. The first-order valence-electron chi connectivity index (χ1n) is 0.617. The zero-order chi connectivity index (χ0) is 3.58. The SMILES string of the molecule is O=C(O)F.[Ce].[La]. The summed E-state index contributed by atoms with van der Waals surface area (Å²) in [5, 5.41) is 6.75. The first-order chi connectivity index (χ1) is 1.73. The molecule has 0 amide bonds. The van der Waals surface area contributed by atoms with E-state index in [2.05, 4.69) is 0 Å².